The van der Waals surface area contributed by atoms with Crippen LogP contribution >= 0.6 is 0 Å². The summed E-state index contributed by atoms with van der Waals surface area (Å²) in [5, 5.41) is 3.66. The Kier molecular flexibility index (Phi) is 3.97. The molecule has 2 aliphatic rings. The van der Waals surface area contributed by atoms with Gasteiger partial charge in [0.1, 0.15) is 12.1 Å². The smallest absolute Gasteiger partial charge is 0.132 e. The van der Waals surface area contributed by atoms with E-state index < -0.39 is 0 Å². The van der Waals surface area contributed by atoms with Crippen molar-refractivity contribution in [3.63, 3.8) is 0 Å². The molecule has 4 heteroatoms. The fourth-order valence-corrected chi connectivity index (χ4v) is 3.40. The van der Waals surface area contributed by atoms with Crippen LogP contribution in [0.5, 0.6) is 0 Å². The second kappa shape index (κ2) is 5.87. The Morgan fingerprint density at radius 2 is 2.11 bits per heavy atom. The van der Waals surface area contributed by atoms with Gasteiger partial charge in [0.15, 0.2) is 0 Å². The zero-order chi connectivity index (χ0) is 13.1. The zero-order valence-electron chi connectivity index (χ0n) is 11.8. The van der Waals surface area contributed by atoms with Crippen LogP contribution < -0.4 is 10.2 Å². The molecular formula is C15H24N4. The van der Waals surface area contributed by atoms with E-state index in [-0.39, 0.29) is 0 Å². The molecule has 1 aromatic rings. The van der Waals surface area contributed by atoms with Gasteiger partial charge in [0, 0.05) is 30.9 Å². The van der Waals surface area contributed by atoms with Crippen LogP contribution in [0.25, 0.3) is 0 Å². The second-order valence-corrected chi connectivity index (χ2v) is 5.75. The third-order valence-corrected chi connectivity index (χ3v) is 4.60. The molecule has 4 nitrogen and oxygen atoms in total. The molecule has 1 N–H and O–H groups in total. The van der Waals surface area contributed by atoms with E-state index >= 15 is 0 Å². The van der Waals surface area contributed by atoms with Crippen LogP contribution in [-0.4, -0.2) is 35.6 Å². The Morgan fingerprint density at radius 3 is 2.79 bits per heavy atom. The molecule has 0 aliphatic carbocycles. The van der Waals surface area contributed by atoms with Crippen molar-refractivity contribution in [1.29, 1.82) is 0 Å². The Hall–Kier alpha value is -1.16. The van der Waals surface area contributed by atoms with Crippen LogP contribution in [0, 0.1) is 5.92 Å². The molecule has 0 spiro atoms. The Balaban J connectivity index is 1.59. The number of nitrogens with one attached hydrogen (secondary N) is 1. The van der Waals surface area contributed by atoms with Crippen molar-refractivity contribution < 1.29 is 0 Å². The van der Waals surface area contributed by atoms with Gasteiger partial charge in [-0.3, -0.25) is 0 Å². The first-order valence-electron chi connectivity index (χ1n) is 7.66. The molecular weight excluding hydrogens is 236 g/mol. The molecule has 2 aliphatic heterocycles. The van der Waals surface area contributed by atoms with E-state index in [2.05, 4.69) is 33.2 Å². The lowest BCUT2D eigenvalue weighted by Crippen LogP contribution is -2.41. The number of nitrogens with zero attached hydrogens (tertiary/aromatic N) is 3. The highest BCUT2D eigenvalue weighted by molar-refractivity contribution is 5.39. The lowest BCUT2D eigenvalue weighted by molar-refractivity contribution is 0.318. The summed E-state index contributed by atoms with van der Waals surface area (Å²) in [5.41, 5.74) is 1.14. The van der Waals surface area contributed by atoms with E-state index in [4.69, 9.17) is 0 Å². The average molecular weight is 260 g/mol. The van der Waals surface area contributed by atoms with Crippen molar-refractivity contribution in [2.24, 2.45) is 5.92 Å². The predicted octanol–water partition coefficient (Wildman–Crippen LogP) is 2.01. The van der Waals surface area contributed by atoms with Crippen molar-refractivity contribution in [2.75, 3.05) is 24.5 Å². The maximum absolute atomic E-state index is 4.43. The zero-order valence-corrected chi connectivity index (χ0v) is 11.8. The van der Waals surface area contributed by atoms with Gasteiger partial charge in [-0.1, -0.05) is 6.92 Å². The second-order valence-electron chi connectivity index (χ2n) is 5.75. The minimum atomic E-state index is 0.777. The summed E-state index contributed by atoms with van der Waals surface area (Å²) in [4.78, 5) is 11.1. The van der Waals surface area contributed by atoms with E-state index in [1.807, 2.05) is 0 Å². The number of rotatable bonds is 3. The summed E-state index contributed by atoms with van der Waals surface area (Å²) in [6.45, 7) is 5.65. The molecule has 19 heavy (non-hydrogen) atoms. The summed E-state index contributed by atoms with van der Waals surface area (Å²) in [5.74, 6) is 1.98. The summed E-state index contributed by atoms with van der Waals surface area (Å²) in [6.07, 6.45) is 8.01. The molecule has 1 unspecified atom stereocenters. The molecule has 0 bridgehead atoms. The van der Waals surface area contributed by atoms with Gasteiger partial charge in [-0.25, -0.2) is 9.97 Å². The Labute approximate surface area is 115 Å². The van der Waals surface area contributed by atoms with Crippen LogP contribution in [0.15, 0.2) is 12.4 Å². The van der Waals surface area contributed by atoms with Crippen molar-refractivity contribution in [2.45, 2.75) is 45.1 Å². The number of anilines is 1. The van der Waals surface area contributed by atoms with E-state index in [0.29, 0.717) is 0 Å². The standard InChI is InChI=1S/C15H24N4/c1-2-13-10-15(18-11-17-13)19-8-5-12(6-9-19)14-4-3-7-16-14/h10-12,14,16H,2-9H2,1H3. The van der Waals surface area contributed by atoms with Crippen molar-refractivity contribution >= 4 is 5.82 Å². The first-order valence-corrected chi connectivity index (χ1v) is 7.66. The molecule has 2 saturated heterocycles. The number of hydrogen-bond acceptors (Lipinski definition) is 4. The van der Waals surface area contributed by atoms with Gasteiger partial charge in [0.05, 0.1) is 0 Å². The molecule has 0 saturated carbocycles. The SMILES string of the molecule is CCc1cc(N2CCC(C3CCCN3)CC2)ncn1. The minimum absolute atomic E-state index is 0.777. The van der Waals surface area contributed by atoms with Gasteiger partial charge < -0.3 is 10.2 Å². The Bertz CT molecular complexity index is 406. The number of aromatic nitrogens is 2. The third kappa shape index (κ3) is 2.89. The lowest BCUT2D eigenvalue weighted by Gasteiger charge is -2.35. The van der Waals surface area contributed by atoms with Crippen LogP contribution in [0.2, 0.25) is 0 Å². The summed E-state index contributed by atoms with van der Waals surface area (Å²) >= 11 is 0. The molecule has 0 aromatic carbocycles. The molecule has 2 fully saturated rings. The molecule has 1 atom stereocenters. The first-order chi connectivity index (χ1) is 9.36. The van der Waals surface area contributed by atoms with E-state index in [1.165, 1.54) is 32.2 Å². The highest BCUT2D eigenvalue weighted by atomic mass is 15.2. The monoisotopic (exact) mass is 260 g/mol. The van der Waals surface area contributed by atoms with Gasteiger partial charge >= 0.3 is 0 Å². The molecule has 0 amide bonds. The van der Waals surface area contributed by atoms with Gasteiger partial charge in [-0.05, 0) is 44.6 Å². The maximum Gasteiger partial charge on any atom is 0.132 e. The van der Waals surface area contributed by atoms with Crippen molar-refractivity contribution in [1.82, 2.24) is 15.3 Å². The number of aryl methyl sites for hydroxylation is 1. The summed E-state index contributed by atoms with van der Waals surface area (Å²) in [6, 6.07) is 2.92. The summed E-state index contributed by atoms with van der Waals surface area (Å²) < 4.78 is 0. The van der Waals surface area contributed by atoms with E-state index in [1.54, 1.807) is 6.33 Å². The maximum atomic E-state index is 4.43. The van der Waals surface area contributed by atoms with Crippen LogP contribution in [0.1, 0.15) is 38.3 Å². The van der Waals surface area contributed by atoms with Crippen LogP contribution in [-0.2, 0) is 6.42 Å². The van der Waals surface area contributed by atoms with E-state index in [9.17, 15) is 0 Å². The molecule has 1 aromatic heterocycles. The third-order valence-electron chi connectivity index (χ3n) is 4.60. The minimum Gasteiger partial charge on any atom is -0.356 e. The fraction of sp³-hybridized carbons (Fsp3) is 0.733. The van der Waals surface area contributed by atoms with Gasteiger partial charge in [0.2, 0.25) is 0 Å². The van der Waals surface area contributed by atoms with Crippen LogP contribution in [0.3, 0.4) is 0 Å². The lowest BCUT2D eigenvalue weighted by atomic mass is 9.88. The quantitative estimate of drug-likeness (QED) is 0.902. The molecule has 3 heterocycles. The number of hydrogen-bond donors (Lipinski definition) is 1. The van der Waals surface area contributed by atoms with Crippen LogP contribution in [0.4, 0.5) is 5.82 Å². The van der Waals surface area contributed by atoms with Crippen molar-refractivity contribution in [3.05, 3.63) is 18.1 Å². The molecule has 3 rings (SSSR count). The highest BCUT2D eigenvalue weighted by Crippen LogP contribution is 2.27. The fourth-order valence-electron chi connectivity index (χ4n) is 3.40. The largest absolute Gasteiger partial charge is 0.356 e. The Morgan fingerprint density at radius 1 is 1.26 bits per heavy atom. The topological polar surface area (TPSA) is 41.0 Å². The summed E-state index contributed by atoms with van der Waals surface area (Å²) in [7, 11) is 0. The normalized spacial score (nSPS) is 24.9. The predicted molar refractivity (Wildman–Crippen MR) is 77.4 cm³/mol. The number of piperidine rings is 1. The molecule has 0 radical (unpaired) electrons. The van der Waals surface area contributed by atoms with Crippen molar-refractivity contribution in [3.8, 4) is 0 Å². The van der Waals surface area contributed by atoms with Gasteiger partial charge in [-0.2, -0.15) is 0 Å². The van der Waals surface area contributed by atoms with Gasteiger partial charge in [-0.15, -0.1) is 0 Å². The highest BCUT2D eigenvalue weighted by Gasteiger charge is 2.28. The van der Waals surface area contributed by atoms with Gasteiger partial charge in [0.25, 0.3) is 0 Å². The average Bonchev–Trinajstić information content (AvgIpc) is 3.02. The first kappa shape index (κ1) is 12.9. The van der Waals surface area contributed by atoms with E-state index in [0.717, 1.165) is 43.0 Å². The molecule has 104 valence electrons.